The van der Waals surface area contributed by atoms with Gasteiger partial charge in [-0.05, 0) is 51.8 Å². The molecule has 0 saturated carbocycles. The van der Waals surface area contributed by atoms with Crippen molar-refractivity contribution in [2.45, 2.75) is 33.6 Å². The number of rotatable bonds is 6. The summed E-state index contributed by atoms with van der Waals surface area (Å²) in [5.41, 5.74) is 2.44. The van der Waals surface area contributed by atoms with E-state index in [-0.39, 0.29) is 0 Å². The molecule has 0 aliphatic carbocycles. The molecule has 2 aromatic rings. The summed E-state index contributed by atoms with van der Waals surface area (Å²) in [4.78, 5) is 11.9. The number of aromatic nitrogens is 1. The number of nitrogens with zero attached hydrogens (tertiary/aromatic N) is 1. The smallest absolute Gasteiger partial charge is 0.296 e. The fourth-order valence-corrected chi connectivity index (χ4v) is 2.55. The van der Waals surface area contributed by atoms with Gasteiger partial charge in [0.1, 0.15) is 12.4 Å². The number of ether oxygens (including phenoxy) is 1. The molecule has 1 aromatic carbocycles. The second-order valence-corrected chi connectivity index (χ2v) is 6.42. The summed E-state index contributed by atoms with van der Waals surface area (Å²) in [6.45, 7) is 6.69. The Kier molecular flexibility index (Phi) is 5.91. The van der Waals surface area contributed by atoms with Crippen LogP contribution in [-0.2, 0) is 7.05 Å². The Bertz CT molecular complexity index is 887. The van der Waals surface area contributed by atoms with Crippen LogP contribution in [0.1, 0.15) is 33.6 Å². The Hall–Kier alpha value is -2.69. The van der Waals surface area contributed by atoms with E-state index >= 15 is 0 Å². The zero-order valence-corrected chi connectivity index (χ0v) is 15.2. The van der Waals surface area contributed by atoms with Gasteiger partial charge >= 0.3 is 0 Å². The minimum Gasteiger partial charge on any atom is -0.504 e. The average molecular weight is 343 g/mol. The highest BCUT2D eigenvalue weighted by Gasteiger charge is 2.13. The lowest BCUT2D eigenvalue weighted by Crippen LogP contribution is -2.16. The van der Waals surface area contributed by atoms with Crippen LogP contribution in [0.4, 0.5) is 0 Å². The molecule has 0 saturated heterocycles. The molecule has 0 radical (unpaired) electrons. The monoisotopic (exact) mass is 343 g/mol. The summed E-state index contributed by atoms with van der Waals surface area (Å²) >= 11 is 0. The van der Waals surface area contributed by atoms with E-state index in [9.17, 15) is 15.0 Å². The fourth-order valence-electron chi connectivity index (χ4n) is 2.55. The average Bonchev–Trinajstić information content (AvgIpc) is 2.57. The van der Waals surface area contributed by atoms with Crippen molar-refractivity contribution in [1.82, 2.24) is 4.57 Å². The number of benzene rings is 1. The molecular weight excluding hydrogens is 318 g/mol. The molecule has 134 valence electrons. The molecule has 0 amide bonds. The number of fused-ring (bicyclic) bond motifs is 1. The zero-order valence-electron chi connectivity index (χ0n) is 15.2. The molecule has 0 unspecified atom stereocenters. The largest absolute Gasteiger partial charge is 0.504 e. The lowest BCUT2D eigenvalue weighted by atomic mass is 10.1. The van der Waals surface area contributed by atoms with E-state index in [0.717, 1.165) is 12.8 Å². The molecular formula is C20H25NO4. The maximum absolute atomic E-state index is 11.9. The second kappa shape index (κ2) is 7.92. The van der Waals surface area contributed by atoms with Gasteiger partial charge in [-0.15, -0.1) is 0 Å². The Morgan fingerprint density at radius 2 is 1.88 bits per heavy atom. The number of hydrogen-bond acceptors (Lipinski definition) is 4. The van der Waals surface area contributed by atoms with Gasteiger partial charge in [0.15, 0.2) is 5.75 Å². The van der Waals surface area contributed by atoms with Gasteiger partial charge in [-0.3, -0.25) is 4.79 Å². The van der Waals surface area contributed by atoms with Crippen molar-refractivity contribution >= 4 is 10.9 Å². The standard InChI is InChI=1S/C20H25NO4/c1-13(2)6-5-7-14(3)10-11-25-15-8-9-16-17(12-15)21(4)20(24)19(23)18(16)22/h6,8-10,12,22-23H,5,7,11H2,1-4H3/b14-10+. The van der Waals surface area contributed by atoms with Gasteiger partial charge in [0.25, 0.3) is 5.56 Å². The predicted octanol–water partition coefficient (Wildman–Crippen LogP) is 4.02. The van der Waals surface area contributed by atoms with Crippen molar-refractivity contribution in [3.63, 3.8) is 0 Å². The minimum absolute atomic E-state index is 0.403. The molecule has 0 aliphatic rings. The Morgan fingerprint density at radius 1 is 1.16 bits per heavy atom. The Balaban J connectivity index is 2.13. The van der Waals surface area contributed by atoms with Gasteiger partial charge in [-0.2, -0.15) is 0 Å². The molecule has 0 spiro atoms. The summed E-state index contributed by atoms with van der Waals surface area (Å²) in [7, 11) is 1.54. The third-order valence-electron chi connectivity index (χ3n) is 4.09. The van der Waals surface area contributed by atoms with Crippen LogP contribution in [0.3, 0.4) is 0 Å². The zero-order chi connectivity index (χ0) is 18.6. The molecule has 0 atom stereocenters. The van der Waals surface area contributed by atoms with Crippen LogP contribution in [0.15, 0.2) is 46.3 Å². The van der Waals surface area contributed by atoms with E-state index < -0.39 is 17.1 Å². The van der Waals surface area contributed by atoms with Gasteiger partial charge in [-0.1, -0.05) is 17.2 Å². The molecule has 25 heavy (non-hydrogen) atoms. The van der Waals surface area contributed by atoms with Crippen LogP contribution >= 0.6 is 0 Å². The third kappa shape index (κ3) is 4.44. The SMILES string of the molecule is CC(C)=CCC/C(C)=C/COc1ccc2c(O)c(O)c(=O)n(C)c2c1. The Morgan fingerprint density at radius 3 is 2.56 bits per heavy atom. The molecule has 1 heterocycles. The van der Waals surface area contributed by atoms with Gasteiger partial charge in [-0.25, -0.2) is 0 Å². The van der Waals surface area contributed by atoms with E-state index in [4.69, 9.17) is 4.74 Å². The van der Waals surface area contributed by atoms with Crippen molar-refractivity contribution in [2.24, 2.45) is 7.05 Å². The molecule has 0 fully saturated rings. The summed E-state index contributed by atoms with van der Waals surface area (Å²) in [5.74, 6) is -0.445. The molecule has 0 aliphatic heterocycles. The van der Waals surface area contributed by atoms with E-state index in [1.165, 1.54) is 15.7 Å². The van der Waals surface area contributed by atoms with E-state index in [0.29, 0.717) is 23.3 Å². The first-order chi connectivity index (χ1) is 11.8. The molecule has 2 rings (SSSR count). The molecule has 2 N–H and O–H groups in total. The maximum Gasteiger partial charge on any atom is 0.296 e. The normalized spacial score (nSPS) is 11.6. The van der Waals surface area contributed by atoms with Gasteiger partial charge < -0.3 is 19.5 Å². The maximum atomic E-state index is 11.9. The first-order valence-corrected chi connectivity index (χ1v) is 8.27. The van der Waals surface area contributed by atoms with Crippen LogP contribution < -0.4 is 10.3 Å². The summed E-state index contributed by atoms with van der Waals surface area (Å²) in [6, 6.07) is 5.02. The van der Waals surface area contributed by atoms with Gasteiger partial charge in [0, 0.05) is 18.5 Å². The van der Waals surface area contributed by atoms with Crippen molar-refractivity contribution in [3.8, 4) is 17.2 Å². The highest BCUT2D eigenvalue weighted by atomic mass is 16.5. The first-order valence-electron chi connectivity index (χ1n) is 8.27. The van der Waals surface area contributed by atoms with E-state index in [1.807, 2.05) is 6.08 Å². The number of hydrogen-bond donors (Lipinski definition) is 2. The summed E-state index contributed by atoms with van der Waals surface area (Å²) < 4.78 is 7.02. The molecule has 5 nitrogen and oxygen atoms in total. The number of allylic oxidation sites excluding steroid dienone is 3. The first kappa shape index (κ1) is 18.6. The van der Waals surface area contributed by atoms with E-state index in [2.05, 4.69) is 26.8 Å². The Labute approximate surface area is 147 Å². The lowest BCUT2D eigenvalue weighted by Gasteiger charge is -2.11. The highest BCUT2D eigenvalue weighted by Crippen LogP contribution is 2.32. The van der Waals surface area contributed by atoms with Crippen LogP contribution in [-0.4, -0.2) is 21.4 Å². The van der Waals surface area contributed by atoms with Crippen LogP contribution in [0.2, 0.25) is 0 Å². The summed E-state index contributed by atoms with van der Waals surface area (Å²) in [6.07, 6.45) is 6.26. The molecule has 5 heteroatoms. The number of aryl methyl sites for hydroxylation is 1. The second-order valence-electron chi connectivity index (χ2n) is 6.42. The van der Waals surface area contributed by atoms with Crippen molar-refractivity contribution in [3.05, 3.63) is 51.9 Å². The van der Waals surface area contributed by atoms with Crippen molar-refractivity contribution in [1.29, 1.82) is 0 Å². The fraction of sp³-hybridized carbons (Fsp3) is 0.350. The van der Waals surface area contributed by atoms with E-state index in [1.54, 1.807) is 25.2 Å². The molecule has 0 bridgehead atoms. The van der Waals surface area contributed by atoms with Gasteiger partial charge in [0.2, 0.25) is 5.75 Å². The highest BCUT2D eigenvalue weighted by molar-refractivity contribution is 5.88. The van der Waals surface area contributed by atoms with Crippen molar-refractivity contribution in [2.75, 3.05) is 6.61 Å². The molecule has 1 aromatic heterocycles. The van der Waals surface area contributed by atoms with Crippen LogP contribution in [0, 0.1) is 0 Å². The number of pyridine rings is 1. The summed E-state index contributed by atoms with van der Waals surface area (Å²) in [5, 5.41) is 19.9. The third-order valence-corrected chi connectivity index (χ3v) is 4.09. The topological polar surface area (TPSA) is 71.7 Å². The minimum atomic E-state index is -0.642. The number of aromatic hydroxyl groups is 2. The van der Waals surface area contributed by atoms with Crippen molar-refractivity contribution < 1.29 is 14.9 Å². The predicted molar refractivity (Wildman–Crippen MR) is 100 cm³/mol. The van der Waals surface area contributed by atoms with Crippen LogP contribution in [0.5, 0.6) is 17.2 Å². The quantitative estimate of drug-likeness (QED) is 0.777. The lowest BCUT2D eigenvalue weighted by molar-refractivity contribution is 0.361. The van der Waals surface area contributed by atoms with Gasteiger partial charge in [0.05, 0.1) is 5.52 Å². The van der Waals surface area contributed by atoms with Crippen LogP contribution in [0.25, 0.3) is 10.9 Å².